The first-order chi connectivity index (χ1) is 8.47. The van der Waals surface area contributed by atoms with Gasteiger partial charge in [0, 0.05) is 23.1 Å². The van der Waals surface area contributed by atoms with Crippen molar-refractivity contribution in [2.24, 2.45) is 11.7 Å². The highest BCUT2D eigenvalue weighted by molar-refractivity contribution is 9.10. The maximum absolute atomic E-state index is 12.3. The average molecular weight is 311 g/mol. The summed E-state index contributed by atoms with van der Waals surface area (Å²) in [7, 11) is 0. The second kappa shape index (κ2) is 5.10. The number of carbonyl (C=O) groups is 2. The van der Waals surface area contributed by atoms with E-state index < -0.39 is 0 Å². The Morgan fingerprint density at radius 2 is 2.11 bits per heavy atom. The molecule has 0 unspecified atom stereocenters. The van der Waals surface area contributed by atoms with E-state index in [4.69, 9.17) is 5.73 Å². The molecule has 1 heterocycles. The number of aryl methyl sites for hydroxylation is 1. The number of nitrogens with zero attached hydrogens (tertiary/aromatic N) is 1. The van der Waals surface area contributed by atoms with Gasteiger partial charge in [0.25, 0.3) is 5.91 Å². The van der Waals surface area contributed by atoms with Crippen LogP contribution in [-0.4, -0.2) is 29.8 Å². The van der Waals surface area contributed by atoms with Crippen LogP contribution < -0.4 is 5.73 Å². The lowest BCUT2D eigenvalue weighted by Gasteiger charge is -2.16. The molecular weight excluding hydrogens is 296 g/mol. The number of hydrogen-bond acceptors (Lipinski definition) is 2. The van der Waals surface area contributed by atoms with Crippen molar-refractivity contribution in [3.8, 4) is 0 Å². The number of benzene rings is 1. The van der Waals surface area contributed by atoms with E-state index >= 15 is 0 Å². The highest BCUT2D eigenvalue weighted by atomic mass is 79.9. The third-order valence-electron chi connectivity index (χ3n) is 3.17. The maximum Gasteiger partial charge on any atom is 0.253 e. The molecule has 1 atom stereocenters. The molecule has 0 aromatic heterocycles. The normalized spacial score (nSPS) is 19.0. The lowest BCUT2D eigenvalue weighted by molar-refractivity contribution is -0.121. The molecule has 4 nitrogen and oxygen atoms in total. The molecule has 0 bridgehead atoms. The fourth-order valence-electron chi connectivity index (χ4n) is 2.22. The molecule has 1 aromatic carbocycles. The van der Waals surface area contributed by atoms with Crippen molar-refractivity contribution < 1.29 is 9.59 Å². The SMILES string of the molecule is Cc1cc(Br)cc(C(=O)N2CC[C@H](C(N)=O)C2)c1. The average Bonchev–Trinajstić information content (AvgIpc) is 2.75. The summed E-state index contributed by atoms with van der Waals surface area (Å²) in [6.07, 6.45) is 0.661. The minimum atomic E-state index is -0.323. The molecule has 96 valence electrons. The smallest absolute Gasteiger partial charge is 0.253 e. The summed E-state index contributed by atoms with van der Waals surface area (Å²) in [4.78, 5) is 25.1. The molecule has 0 saturated carbocycles. The maximum atomic E-state index is 12.3. The van der Waals surface area contributed by atoms with Crippen molar-refractivity contribution in [3.05, 3.63) is 33.8 Å². The summed E-state index contributed by atoms with van der Waals surface area (Å²) in [6, 6.07) is 5.60. The Balaban J connectivity index is 2.15. The summed E-state index contributed by atoms with van der Waals surface area (Å²) >= 11 is 3.38. The van der Waals surface area contributed by atoms with Crippen LogP contribution in [-0.2, 0) is 4.79 Å². The third-order valence-corrected chi connectivity index (χ3v) is 3.62. The number of halogens is 1. The lowest BCUT2D eigenvalue weighted by Crippen LogP contribution is -2.31. The molecule has 0 aliphatic carbocycles. The minimum Gasteiger partial charge on any atom is -0.369 e. The van der Waals surface area contributed by atoms with E-state index in [0.717, 1.165) is 10.0 Å². The second-order valence-electron chi connectivity index (χ2n) is 4.66. The van der Waals surface area contributed by atoms with Gasteiger partial charge in [0.2, 0.25) is 5.91 Å². The number of hydrogen-bond donors (Lipinski definition) is 1. The Kier molecular flexibility index (Phi) is 3.71. The van der Waals surface area contributed by atoms with Crippen LogP contribution in [0.2, 0.25) is 0 Å². The van der Waals surface area contributed by atoms with Crippen LogP contribution in [0.15, 0.2) is 22.7 Å². The quantitative estimate of drug-likeness (QED) is 0.903. The topological polar surface area (TPSA) is 63.4 Å². The van der Waals surface area contributed by atoms with Crippen LogP contribution in [0.3, 0.4) is 0 Å². The van der Waals surface area contributed by atoms with Crippen molar-refractivity contribution >= 4 is 27.7 Å². The molecular formula is C13H15BrN2O2. The van der Waals surface area contributed by atoms with Crippen LogP contribution in [0.4, 0.5) is 0 Å². The molecule has 1 aliphatic rings. The first kappa shape index (κ1) is 13.1. The largest absolute Gasteiger partial charge is 0.369 e. The summed E-state index contributed by atoms with van der Waals surface area (Å²) in [5.41, 5.74) is 6.93. The minimum absolute atomic E-state index is 0.0387. The Morgan fingerprint density at radius 1 is 1.39 bits per heavy atom. The van der Waals surface area contributed by atoms with E-state index in [0.29, 0.717) is 25.1 Å². The molecule has 1 fully saturated rings. The molecule has 1 aliphatic heterocycles. The van der Waals surface area contributed by atoms with Crippen LogP contribution >= 0.6 is 15.9 Å². The zero-order valence-electron chi connectivity index (χ0n) is 10.1. The van der Waals surface area contributed by atoms with Gasteiger partial charge in [-0.25, -0.2) is 0 Å². The van der Waals surface area contributed by atoms with Crippen molar-refractivity contribution in [3.63, 3.8) is 0 Å². The fourth-order valence-corrected chi connectivity index (χ4v) is 2.83. The highest BCUT2D eigenvalue weighted by Crippen LogP contribution is 2.21. The summed E-state index contributed by atoms with van der Waals surface area (Å²) in [6.45, 7) is 2.97. The van der Waals surface area contributed by atoms with E-state index in [2.05, 4.69) is 15.9 Å². The zero-order valence-corrected chi connectivity index (χ0v) is 11.7. The van der Waals surface area contributed by atoms with E-state index in [1.54, 1.807) is 11.0 Å². The predicted octanol–water partition coefficient (Wildman–Crippen LogP) is 1.70. The van der Waals surface area contributed by atoms with Gasteiger partial charge < -0.3 is 10.6 Å². The molecule has 5 heteroatoms. The predicted molar refractivity (Wildman–Crippen MR) is 72.1 cm³/mol. The molecule has 0 spiro atoms. The van der Waals surface area contributed by atoms with Crippen LogP contribution in [0, 0.1) is 12.8 Å². The molecule has 0 radical (unpaired) electrons. The Hall–Kier alpha value is -1.36. The van der Waals surface area contributed by atoms with Crippen LogP contribution in [0.1, 0.15) is 22.3 Å². The summed E-state index contributed by atoms with van der Waals surface area (Å²) in [5, 5.41) is 0. The number of nitrogens with two attached hydrogens (primary N) is 1. The van der Waals surface area contributed by atoms with Crippen molar-refractivity contribution in [2.45, 2.75) is 13.3 Å². The highest BCUT2D eigenvalue weighted by Gasteiger charge is 2.30. The molecule has 2 amide bonds. The molecule has 18 heavy (non-hydrogen) atoms. The molecule has 2 N–H and O–H groups in total. The van der Waals surface area contributed by atoms with Crippen molar-refractivity contribution in [2.75, 3.05) is 13.1 Å². The second-order valence-corrected chi connectivity index (χ2v) is 5.57. The third kappa shape index (κ3) is 2.72. The number of amides is 2. The Bertz CT molecular complexity index is 482. The van der Waals surface area contributed by atoms with Gasteiger partial charge in [-0.1, -0.05) is 15.9 Å². The van der Waals surface area contributed by atoms with Gasteiger partial charge in [-0.3, -0.25) is 9.59 Å². The molecule has 2 rings (SSSR count). The van der Waals surface area contributed by atoms with E-state index in [1.165, 1.54) is 0 Å². The monoisotopic (exact) mass is 310 g/mol. The van der Waals surface area contributed by atoms with Gasteiger partial charge in [-0.2, -0.15) is 0 Å². The first-order valence-corrected chi connectivity index (χ1v) is 6.62. The molecule has 1 saturated heterocycles. The van der Waals surface area contributed by atoms with Crippen molar-refractivity contribution in [1.29, 1.82) is 0 Å². The summed E-state index contributed by atoms with van der Waals surface area (Å²) < 4.78 is 0.886. The van der Waals surface area contributed by atoms with E-state index in [9.17, 15) is 9.59 Å². The standard InChI is InChI=1S/C13H15BrN2O2/c1-8-4-10(6-11(14)5-8)13(18)16-3-2-9(7-16)12(15)17/h4-6,9H,2-3,7H2,1H3,(H2,15,17)/t9-/m0/s1. The van der Waals surface area contributed by atoms with Crippen LogP contribution in [0.5, 0.6) is 0 Å². The Morgan fingerprint density at radius 3 is 2.67 bits per heavy atom. The first-order valence-electron chi connectivity index (χ1n) is 5.83. The fraction of sp³-hybridized carbons (Fsp3) is 0.385. The number of likely N-dealkylation sites (tertiary alicyclic amines) is 1. The zero-order chi connectivity index (χ0) is 13.3. The number of primary amides is 1. The number of carbonyl (C=O) groups excluding carboxylic acids is 2. The van der Waals surface area contributed by atoms with Gasteiger partial charge >= 0.3 is 0 Å². The van der Waals surface area contributed by atoms with Gasteiger partial charge in [0.1, 0.15) is 0 Å². The van der Waals surface area contributed by atoms with Gasteiger partial charge in [-0.05, 0) is 37.1 Å². The van der Waals surface area contributed by atoms with E-state index in [1.807, 2.05) is 19.1 Å². The summed E-state index contributed by atoms with van der Waals surface area (Å²) in [5.74, 6) is -0.568. The van der Waals surface area contributed by atoms with Gasteiger partial charge in [0.15, 0.2) is 0 Å². The Labute approximate surface area is 114 Å². The van der Waals surface area contributed by atoms with Crippen LogP contribution in [0.25, 0.3) is 0 Å². The van der Waals surface area contributed by atoms with Crippen molar-refractivity contribution in [1.82, 2.24) is 4.90 Å². The van der Waals surface area contributed by atoms with Gasteiger partial charge in [-0.15, -0.1) is 0 Å². The lowest BCUT2D eigenvalue weighted by atomic mass is 10.1. The van der Waals surface area contributed by atoms with E-state index in [-0.39, 0.29) is 17.7 Å². The molecule has 1 aromatic rings. The number of rotatable bonds is 2. The van der Waals surface area contributed by atoms with Gasteiger partial charge in [0.05, 0.1) is 5.92 Å².